The Morgan fingerprint density at radius 2 is 2.09 bits per heavy atom. The third-order valence-corrected chi connectivity index (χ3v) is 5.09. The second-order valence-electron chi connectivity index (χ2n) is 5.12. The van der Waals surface area contributed by atoms with Crippen molar-refractivity contribution in [1.29, 1.82) is 0 Å². The Hall–Kier alpha value is -2.12. The van der Waals surface area contributed by atoms with Crippen LogP contribution in [0.1, 0.15) is 0 Å². The second kappa shape index (κ2) is 5.50. The molecule has 0 aliphatic rings. The van der Waals surface area contributed by atoms with Crippen molar-refractivity contribution in [2.24, 2.45) is 7.05 Å². The van der Waals surface area contributed by atoms with E-state index in [2.05, 4.69) is 38.4 Å². The molecular formula is C16H13BrN4OS. The van der Waals surface area contributed by atoms with Crippen LogP contribution in [0.4, 0.5) is 10.8 Å². The molecule has 2 aromatic heterocycles. The molecule has 5 nitrogen and oxygen atoms in total. The van der Waals surface area contributed by atoms with Gasteiger partial charge in [0.25, 0.3) is 0 Å². The summed E-state index contributed by atoms with van der Waals surface area (Å²) in [6.45, 7) is 0. The van der Waals surface area contributed by atoms with E-state index >= 15 is 0 Å². The molecule has 2 heterocycles. The fourth-order valence-corrected chi connectivity index (χ4v) is 3.78. The Morgan fingerprint density at radius 1 is 1.22 bits per heavy atom. The number of hydrogen-bond donors (Lipinski definition) is 1. The van der Waals surface area contributed by atoms with Crippen LogP contribution in [0.15, 0.2) is 41.1 Å². The Morgan fingerprint density at radius 3 is 2.91 bits per heavy atom. The van der Waals surface area contributed by atoms with Gasteiger partial charge in [0, 0.05) is 11.5 Å². The normalized spacial score (nSPS) is 11.3. The van der Waals surface area contributed by atoms with Crippen LogP contribution in [0.3, 0.4) is 0 Å². The minimum absolute atomic E-state index is 0.774. The lowest BCUT2D eigenvalue weighted by Gasteiger charge is -2.09. The molecule has 4 aromatic rings. The molecule has 0 bridgehead atoms. The van der Waals surface area contributed by atoms with Gasteiger partial charge in [-0.3, -0.25) is 0 Å². The molecule has 0 spiro atoms. The molecule has 0 aliphatic carbocycles. The highest BCUT2D eigenvalue weighted by Crippen LogP contribution is 2.35. The summed E-state index contributed by atoms with van der Waals surface area (Å²) in [6.07, 6.45) is 1.81. The van der Waals surface area contributed by atoms with Crippen molar-refractivity contribution in [2.45, 2.75) is 0 Å². The van der Waals surface area contributed by atoms with Gasteiger partial charge in [0.15, 0.2) is 5.13 Å². The van der Waals surface area contributed by atoms with E-state index in [9.17, 15) is 0 Å². The first-order chi connectivity index (χ1) is 11.2. The van der Waals surface area contributed by atoms with E-state index in [-0.39, 0.29) is 0 Å². The number of imidazole rings is 1. The van der Waals surface area contributed by atoms with E-state index in [1.54, 1.807) is 18.4 Å². The molecule has 0 aliphatic heterocycles. The van der Waals surface area contributed by atoms with Crippen LogP contribution in [-0.2, 0) is 7.05 Å². The third-order valence-electron chi connectivity index (χ3n) is 3.66. The SMILES string of the molecule is COc1ccc(Br)cc1Nc1nc2c(ccc3c2ncn3C)s1. The van der Waals surface area contributed by atoms with Crippen molar-refractivity contribution < 1.29 is 4.74 Å². The average Bonchev–Trinajstić information content (AvgIpc) is 3.11. The molecule has 23 heavy (non-hydrogen) atoms. The van der Waals surface area contributed by atoms with Crippen molar-refractivity contribution in [3.05, 3.63) is 41.1 Å². The van der Waals surface area contributed by atoms with Crippen LogP contribution in [0.25, 0.3) is 21.3 Å². The van der Waals surface area contributed by atoms with Gasteiger partial charge in [-0.15, -0.1) is 0 Å². The van der Waals surface area contributed by atoms with Gasteiger partial charge in [-0.2, -0.15) is 0 Å². The molecule has 2 aromatic carbocycles. The molecule has 0 saturated heterocycles. The first-order valence-corrected chi connectivity index (χ1v) is 8.58. The summed E-state index contributed by atoms with van der Waals surface area (Å²) >= 11 is 5.08. The first kappa shape index (κ1) is 14.5. The molecule has 0 fully saturated rings. The number of fused-ring (bicyclic) bond motifs is 3. The maximum atomic E-state index is 5.40. The van der Waals surface area contributed by atoms with E-state index in [1.165, 1.54) is 0 Å². The molecular weight excluding hydrogens is 376 g/mol. The number of rotatable bonds is 3. The topological polar surface area (TPSA) is 52.0 Å². The predicted molar refractivity (Wildman–Crippen MR) is 97.9 cm³/mol. The van der Waals surface area contributed by atoms with Crippen molar-refractivity contribution in [3.63, 3.8) is 0 Å². The molecule has 0 radical (unpaired) electrons. The number of nitrogens with zero attached hydrogens (tertiary/aromatic N) is 3. The average molecular weight is 389 g/mol. The zero-order valence-corrected chi connectivity index (χ0v) is 14.9. The highest BCUT2D eigenvalue weighted by Gasteiger charge is 2.12. The van der Waals surface area contributed by atoms with Crippen LogP contribution < -0.4 is 10.1 Å². The molecule has 0 unspecified atom stereocenters. The lowest BCUT2D eigenvalue weighted by Crippen LogP contribution is -1.94. The molecule has 0 atom stereocenters. The number of aromatic nitrogens is 3. The van der Waals surface area contributed by atoms with Crippen LogP contribution in [-0.4, -0.2) is 21.6 Å². The van der Waals surface area contributed by atoms with Crippen molar-refractivity contribution in [2.75, 3.05) is 12.4 Å². The molecule has 1 N–H and O–H groups in total. The monoisotopic (exact) mass is 388 g/mol. The zero-order valence-electron chi connectivity index (χ0n) is 12.5. The van der Waals surface area contributed by atoms with Crippen LogP contribution >= 0.6 is 27.3 Å². The van der Waals surface area contributed by atoms with Crippen molar-refractivity contribution >= 4 is 59.3 Å². The quantitative estimate of drug-likeness (QED) is 0.552. The van der Waals surface area contributed by atoms with E-state index in [1.807, 2.05) is 36.1 Å². The summed E-state index contributed by atoms with van der Waals surface area (Å²) in [5.74, 6) is 0.774. The second-order valence-corrected chi connectivity index (χ2v) is 7.07. The maximum absolute atomic E-state index is 5.40. The Bertz CT molecular complexity index is 1020. The first-order valence-electron chi connectivity index (χ1n) is 6.97. The number of ether oxygens (including phenoxy) is 1. The summed E-state index contributed by atoms with van der Waals surface area (Å²) < 4.78 is 9.48. The maximum Gasteiger partial charge on any atom is 0.188 e. The number of anilines is 2. The lowest BCUT2D eigenvalue weighted by molar-refractivity contribution is 0.417. The van der Waals surface area contributed by atoms with Gasteiger partial charge in [0.1, 0.15) is 16.8 Å². The summed E-state index contributed by atoms with van der Waals surface area (Å²) in [4.78, 5) is 9.18. The number of halogens is 1. The standard InChI is InChI=1S/C16H13BrN4OS/c1-21-8-18-14-11(21)4-6-13-15(14)20-16(23-13)19-10-7-9(17)3-5-12(10)22-2/h3-8H,1-2H3,(H,19,20). The van der Waals surface area contributed by atoms with Crippen LogP contribution in [0.2, 0.25) is 0 Å². The lowest BCUT2D eigenvalue weighted by atomic mass is 10.3. The molecule has 0 amide bonds. The van der Waals surface area contributed by atoms with E-state index < -0.39 is 0 Å². The zero-order chi connectivity index (χ0) is 16.0. The van der Waals surface area contributed by atoms with Crippen molar-refractivity contribution in [3.8, 4) is 5.75 Å². The molecule has 4 rings (SSSR count). The fraction of sp³-hybridized carbons (Fsp3) is 0.125. The van der Waals surface area contributed by atoms with Gasteiger partial charge in [-0.25, -0.2) is 9.97 Å². The largest absolute Gasteiger partial charge is 0.495 e. The van der Waals surface area contributed by atoms with Crippen LogP contribution in [0.5, 0.6) is 5.75 Å². The van der Waals surface area contributed by atoms with Gasteiger partial charge >= 0.3 is 0 Å². The Kier molecular flexibility index (Phi) is 3.46. The van der Waals surface area contributed by atoms with Gasteiger partial charge < -0.3 is 14.6 Å². The molecule has 116 valence electrons. The number of thiazole rings is 1. The van der Waals surface area contributed by atoms with Crippen LogP contribution in [0, 0.1) is 0 Å². The number of hydrogen-bond acceptors (Lipinski definition) is 5. The Balaban J connectivity index is 1.81. The number of benzene rings is 2. The summed E-state index contributed by atoms with van der Waals surface area (Å²) in [7, 11) is 3.64. The van der Waals surface area contributed by atoms with Crippen molar-refractivity contribution in [1.82, 2.24) is 14.5 Å². The Labute approximate surface area is 145 Å². The highest BCUT2D eigenvalue weighted by atomic mass is 79.9. The minimum Gasteiger partial charge on any atom is -0.495 e. The number of aryl methyl sites for hydroxylation is 1. The van der Waals surface area contributed by atoms with E-state index in [4.69, 9.17) is 9.72 Å². The minimum atomic E-state index is 0.774. The van der Waals surface area contributed by atoms with E-state index in [0.717, 1.165) is 42.3 Å². The number of nitrogens with one attached hydrogen (secondary N) is 1. The van der Waals surface area contributed by atoms with Gasteiger partial charge in [-0.1, -0.05) is 27.3 Å². The van der Waals surface area contributed by atoms with E-state index in [0.29, 0.717) is 0 Å². The number of methoxy groups -OCH3 is 1. The third kappa shape index (κ3) is 2.46. The molecule has 7 heteroatoms. The highest BCUT2D eigenvalue weighted by molar-refractivity contribution is 9.10. The molecule has 0 saturated carbocycles. The van der Waals surface area contributed by atoms with Gasteiger partial charge in [0.05, 0.1) is 29.3 Å². The smallest absolute Gasteiger partial charge is 0.188 e. The summed E-state index contributed by atoms with van der Waals surface area (Å²) in [5, 5.41) is 4.16. The van der Waals surface area contributed by atoms with Gasteiger partial charge in [-0.05, 0) is 30.3 Å². The van der Waals surface area contributed by atoms with Gasteiger partial charge in [0.2, 0.25) is 0 Å². The summed E-state index contributed by atoms with van der Waals surface area (Å²) in [5.41, 5.74) is 3.80. The fourth-order valence-electron chi connectivity index (χ4n) is 2.53. The predicted octanol–water partition coefficient (Wildman–Crippen LogP) is 4.70. The summed E-state index contributed by atoms with van der Waals surface area (Å²) in [6, 6.07) is 9.99.